The van der Waals surface area contributed by atoms with Gasteiger partial charge in [0.15, 0.2) is 6.61 Å². The van der Waals surface area contributed by atoms with Crippen molar-refractivity contribution >= 4 is 50.9 Å². The molecule has 0 fully saturated rings. The zero-order chi connectivity index (χ0) is 24.4. The highest BCUT2D eigenvalue weighted by Gasteiger charge is 2.30. The zero-order valence-corrected chi connectivity index (χ0v) is 22.4. The van der Waals surface area contributed by atoms with Crippen molar-refractivity contribution in [2.24, 2.45) is 0 Å². The molecule has 1 N–H and O–H groups in total. The minimum Gasteiger partial charge on any atom is -0.483 e. The molecule has 0 spiro atoms. The smallest absolute Gasteiger partial charge is 0.261 e. The molecule has 0 saturated heterocycles. The maximum absolute atomic E-state index is 13.3. The van der Waals surface area contributed by atoms with Gasteiger partial charge >= 0.3 is 0 Å². The van der Waals surface area contributed by atoms with Crippen LogP contribution < -0.4 is 10.1 Å². The van der Waals surface area contributed by atoms with E-state index in [-0.39, 0.29) is 25.0 Å². The molecular weight excluding hydrogens is 527 g/mol. The molecule has 1 unspecified atom stereocenters. The van der Waals surface area contributed by atoms with Crippen LogP contribution in [-0.2, 0) is 22.6 Å². The van der Waals surface area contributed by atoms with Gasteiger partial charge in [-0.15, -0.1) is 0 Å². The molecular formula is C25H31BrCl2N2O3. The number of halogens is 3. The first-order valence-electron chi connectivity index (χ1n) is 11.2. The SMILES string of the molecule is CCCCNC(=O)C(CC)N(Cc1c(Cl)cccc1Cl)C(=O)COc1ccc(CC)cc1Br. The highest BCUT2D eigenvalue weighted by Crippen LogP contribution is 2.28. The molecule has 0 aliphatic heterocycles. The molecule has 33 heavy (non-hydrogen) atoms. The summed E-state index contributed by atoms with van der Waals surface area (Å²) in [5, 5.41) is 3.82. The molecule has 180 valence electrons. The summed E-state index contributed by atoms with van der Waals surface area (Å²) < 4.78 is 6.59. The molecule has 0 heterocycles. The molecule has 0 radical (unpaired) electrons. The quantitative estimate of drug-likeness (QED) is 0.306. The van der Waals surface area contributed by atoms with Gasteiger partial charge in [0.05, 0.1) is 4.47 Å². The number of rotatable bonds is 12. The van der Waals surface area contributed by atoms with E-state index in [1.807, 2.05) is 25.1 Å². The normalized spacial score (nSPS) is 11.7. The van der Waals surface area contributed by atoms with Crippen LogP contribution in [-0.4, -0.2) is 35.9 Å². The van der Waals surface area contributed by atoms with Crippen LogP contribution >= 0.6 is 39.1 Å². The average molecular weight is 558 g/mol. The minimum atomic E-state index is -0.670. The van der Waals surface area contributed by atoms with Gasteiger partial charge in [-0.1, -0.05) is 62.5 Å². The topological polar surface area (TPSA) is 58.6 Å². The number of aryl methyl sites for hydroxylation is 1. The van der Waals surface area contributed by atoms with Gasteiger partial charge in [0.2, 0.25) is 5.91 Å². The Morgan fingerprint density at radius 3 is 2.39 bits per heavy atom. The van der Waals surface area contributed by atoms with Gasteiger partial charge < -0.3 is 15.0 Å². The molecule has 0 aliphatic carbocycles. The van der Waals surface area contributed by atoms with Crippen molar-refractivity contribution in [3.05, 3.63) is 62.0 Å². The van der Waals surface area contributed by atoms with Gasteiger partial charge in [-0.25, -0.2) is 0 Å². The fourth-order valence-electron chi connectivity index (χ4n) is 3.38. The van der Waals surface area contributed by atoms with E-state index in [2.05, 4.69) is 35.1 Å². The van der Waals surface area contributed by atoms with Crippen molar-refractivity contribution in [2.75, 3.05) is 13.2 Å². The van der Waals surface area contributed by atoms with Crippen LogP contribution in [0.15, 0.2) is 40.9 Å². The second-order valence-corrected chi connectivity index (χ2v) is 9.37. The molecule has 2 rings (SSSR count). The van der Waals surface area contributed by atoms with Crippen LogP contribution in [0.25, 0.3) is 0 Å². The number of hydrogen-bond acceptors (Lipinski definition) is 3. The van der Waals surface area contributed by atoms with Crippen molar-refractivity contribution in [3.63, 3.8) is 0 Å². The maximum atomic E-state index is 13.3. The van der Waals surface area contributed by atoms with E-state index >= 15 is 0 Å². The Balaban J connectivity index is 2.26. The molecule has 0 aromatic heterocycles. The van der Waals surface area contributed by atoms with Gasteiger partial charge in [-0.2, -0.15) is 0 Å². The summed E-state index contributed by atoms with van der Waals surface area (Å²) in [5.74, 6) is 0.0441. The summed E-state index contributed by atoms with van der Waals surface area (Å²) in [7, 11) is 0. The highest BCUT2D eigenvalue weighted by atomic mass is 79.9. The molecule has 0 saturated carbocycles. The molecule has 0 bridgehead atoms. The Morgan fingerprint density at radius 2 is 1.82 bits per heavy atom. The van der Waals surface area contributed by atoms with Crippen LogP contribution in [0.3, 0.4) is 0 Å². The number of benzene rings is 2. The number of nitrogens with zero attached hydrogens (tertiary/aromatic N) is 1. The van der Waals surface area contributed by atoms with Crippen molar-refractivity contribution in [1.29, 1.82) is 0 Å². The second-order valence-electron chi connectivity index (χ2n) is 7.70. The molecule has 2 aromatic carbocycles. The number of hydrogen-bond donors (Lipinski definition) is 1. The Labute approximate surface area is 214 Å². The van der Waals surface area contributed by atoms with Crippen molar-refractivity contribution < 1.29 is 14.3 Å². The monoisotopic (exact) mass is 556 g/mol. The molecule has 0 aliphatic rings. The summed E-state index contributed by atoms with van der Waals surface area (Å²) in [6.45, 7) is 6.45. The number of nitrogens with one attached hydrogen (secondary N) is 1. The summed E-state index contributed by atoms with van der Waals surface area (Å²) in [4.78, 5) is 27.8. The summed E-state index contributed by atoms with van der Waals surface area (Å²) in [5.41, 5.74) is 1.76. The zero-order valence-electron chi connectivity index (χ0n) is 19.3. The van der Waals surface area contributed by atoms with Gasteiger partial charge in [-0.05, 0) is 65.0 Å². The summed E-state index contributed by atoms with van der Waals surface area (Å²) in [6.07, 6.45) is 3.18. The molecule has 2 aromatic rings. The third kappa shape index (κ3) is 7.90. The largest absolute Gasteiger partial charge is 0.483 e. The predicted molar refractivity (Wildman–Crippen MR) is 138 cm³/mol. The third-order valence-electron chi connectivity index (χ3n) is 5.36. The van der Waals surface area contributed by atoms with E-state index in [4.69, 9.17) is 27.9 Å². The molecule has 8 heteroatoms. The second kappa shape index (κ2) is 13.8. The highest BCUT2D eigenvalue weighted by molar-refractivity contribution is 9.10. The maximum Gasteiger partial charge on any atom is 0.261 e. The van der Waals surface area contributed by atoms with Crippen LogP contribution in [0.5, 0.6) is 5.75 Å². The predicted octanol–water partition coefficient (Wildman–Crippen LogP) is 6.42. The minimum absolute atomic E-state index is 0.107. The van der Waals surface area contributed by atoms with E-state index in [9.17, 15) is 9.59 Å². The molecule has 1 atom stereocenters. The first kappa shape index (κ1) is 27.5. The summed E-state index contributed by atoms with van der Waals surface area (Å²) >= 11 is 16.2. The number of amides is 2. The Bertz CT molecular complexity index is 935. The summed E-state index contributed by atoms with van der Waals surface area (Å²) in [6, 6.07) is 10.3. The van der Waals surface area contributed by atoms with E-state index in [1.165, 1.54) is 4.90 Å². The third-order valence-corrected chi connectivity index (χ3v) is 6.69. The van der Waals surface area contributed by atoms with Crippen LogP contribution in [0.1, 0.15) is 51.2 Å². The standard InChI is InChI=1S/C25H31BrCl2N2O3/c1-4-7-13-29-25(32)22(6-3)30(15-18-20(27)9-8-10-21(18)28)24(31)16-33-23-12-11-17(5-2)14-19(23)26/h8-12,14,22H,4-7,13,15-16H2,1-3H3,(H,29,32). The van der Waals surface area contributed by atoms with Crippen LogP contribution in [0.4, 0.5) is 0 Å². The first-order valence-corrected chi connectivity index (χ1v) is 12.8. The first-order chi connectivity index (χ1) is 15.8. The lowest BCUT2D eigenvalue weighted by atomic mass is 10.1. The average Bonchev–Trinajstić information content (AvgIpc) is 2.79. The Hall–Kier alpha value is -1.76. The van der Waals surface area contributed by atoms with Crippen LogP contribution in [0, 0.1) is 0 Å². The lowest BCUT2D eigenvalue weighted by Gasteiger charge is -2.31. The molecule has 5 nitrogen and oxygen atoms in total. The number of carbonyl (C=O) groups excluding carboxylic acids is 2. The van der Waals surface area contributed by atoms with Crippen molar-refractivity contribution in [1.82, 2.24) is 10.2 Å². The van der Waals surface area contributed by atoms with E-state index in [0.717, 1.165) is 29.3 Å². The van der Waals surface area contributed by atoms with Crippen LogP contribution in [0.2, 0.25) is 10.0 Å². The number of unbranched alkanes of at least 4 members (excludes halogenated alkanes) is 1. The van der Waals surface area contributed by atoms with E-state index < -0.39 is 6.04 Å². The van der Waals surface area contributed by atoms with E-state index in [0.29, 0.717) is 34.3 Å². The van der Waals surface area contributed by atoms with Gasteiger partial charge in [0, 0.05) is 28.7 Å². The van der Waals surface area contributed by atoms with E-state index in [1.54, 1.807) is 18.2 Å². The van der Waals surface area contributed by atoms with Gasteiger partial charge in [-0.3, -0.25) is 9.59 Å². The van der Waals surface area contributed by atoms with Crippen molar-refractivity contribution in [3.8, 4) is 5.75 Å². The fourth-order valence-corrected chi connectivity index (χ4v) is 4.44. The lowest BCUT2D eigenvalue weighted by molar-refractivity contribution is -0.143. The number of carbonyl (C=O) groups is 2. The Morgan fingerprint density at radius 1 is 1.12 bits per heavy atom. The molecule has 2 amide bonds. The van der Waals surface area contributed by atoms with Gasteiger partial charge in [0.25, 0.3) is 5.91 Å². The van der Waals surface area contributed by atoms with Gasteiger partial charge in [0.1, 0.15) is 11.8 Å². The fraction of sp³-hybridized carbons (Fsp3) is 0.440. The van der Waals surface area contributed by atoms with Crippen molar-refractivity contribution in [2.45, 2.75) is 59.0 Å². The number of ether oxygens (including phenoxy) is 1. The lowest BCUT2D eigenvalue weighted by Crippen LogP contribution is -2.50. The Kier molecular flexibility index (Phi) is 11.5.